The van der Waals surface area contributed by atoms with Crippen LogP contribution in [0.4, 0.5) is 35.1 Å². The average Bonchev–Trinajstić information content (AvgIpc) is 2.64. The van der Waals surface area contributed by atoms with Crippen LogP contribution in [-0.2, 0) is 0 Å². The van der Waals surface area contributed by atoms with E-state index in [2.05, 4.69) is 0 Å². The van der Waals surface area contributed by atoms with Crippen LogP contribution in [0.2, 0.25) is 0 Å². The van der Waals surface area contributed by atoms with Gasteiger partial charge in [0, 0.05) is 5.30 Å². The van der Waals surface area contributed by atoms with Crippen molar-refractivity contribution >= 4 is 13.9 Å². The molecule has 0 fully saturated rings. The molecule has 0 aliphatic heterocycles. The van der Waals surface area contributed by atoms with Gasteiger partial charge >= 0.3 is 0 Å². The summed E-state index contributed by atoms with van der Waals surface area (Å²) in [6.07, 6.45) is 1.28. The molecule has 0 saturated carbocycles. The Morgan fingerprint density at radius 3 is 1.85 bits per heavy atom. The van der Waals surface area contributed by atoms with Gasteiger partial charge in [0.2, 0.25) is 0 Å². The zero-order valence-electron chi connectivity index (χ0n) is 14.0. The highest BCUT2D eigenvalue weighted by atomic mass is 31.1. The molecule has 0 nitrogen and oxygen atoms in total. The summed E-state index contributed by atoms with van der Waals surface area (Å²) in [5, 5.41) is -0.505. The Hall–Kier alpha value is -1.69. The third kappa shape index (κ3) is 7.83. The van der Waals surface area contributed by atoms with Crippen molar-refractivity contribution in [2.45, 2.75) is 31.6 Å². The fourth-order valence-corrected chi connectivity index (χ4v) is 3.09. The molecule has 9 heteroatoms. The molecule has 27 heavy (non-hydrogen) atoms. The van der Waals surface area contributed by atoms with Gasteiger partial charge in [-0.25, -0.2) is 30.7 Å². The van der Waals surface area contributed by atoms with E-state index in [-0.39, 0.29) is 6.42 Å². The van der Waals surface area contributed by atoms with Crippen LogP contribution < -0.4 is 5.30 Å². The van der Waals surface area contributed by atoms with Gasteiger partial charge < -0.3 is 0 Å². The van der Waals surface area contributed by atoms with Gasteiger partial charge in [0.1, 0.15) is 5.91 Å². The lowest BCUT2D eigenvalue weighted by atomic mass is 10.2. The van der Waals surface area contributed by atoms with Crippen molar-refractivity contribution in [1.29, 1.82) is 0 Å². The Labute approximate surface area is 153 Å². The van der Waals surface area contributed by atoms with Crippen molar-refractivity contribution in [3.63, 3.8) is 0 Å². The number of rotatable bonds is 7. The smallest absolute Gasteiger partial charge is 0.198 e. The van der Waals surface area contributed by atoms with E-state index in [1.54, 1.807) is 0 Å². The molecule has 2 aromatic carbocycles. The van der Waals surface area contributed by atoms with E-state index in [1.807, 2.05) is 0 Å². The van der Waals surface area contributed by atoms with Crippen LogP contribution in [0, 0.1) is 34.9 Å². The van der Waals surface area contributed by atoms with E-state index in [0.717, 1.165) is 12.1 Å². The first-order valence-electron chi connectivity index (χ1n) is 7.97. The lowest BCUT2D eigenvalue weighted by Gasteiger charge is -2.10. The molecule has 0 bridgehead atoms. The second kappa shape index (κ2) is 11.9. The second-order valence-corrected chi connectivity index (χ2v) is 6.87. The molecule has 150 valence electrons. The molecule has 2 aromatic rings. The fourth-order valence-electron chi connectivity index (χ4n) is 1.95. The van der Waals surface area contributed by atoms with E-state index >= 15 is 0 Å². The molecule has 0 radical (unpaired) electrons. The van der Waals surface area contributed by atoms with Gasteiger partial charge in [-0.15, -0.1) is 0 Å². The Balaban J connectivity index is 0.000000377. The number of halogens is 8. The zero-order valence-corrected chi connectivity index (χ0v) is 15.0. The first kappa shape index (κ1) is 23.3. The predicted molar refractivity (Wildman–Crippen MR) is 89.9 cm³/mol. The first-order valence-corrected chi connectivity index (χ1v) is 9.05. The Bertz CT molecular complexity index is 702. The highest BCUT2D eigenvalue weighted by Crippen LogP contribution is 2.28. The predicted octanol–water partition coefficient (Wildman–Crippen LogP) is 6.34. The lowest BCUT2D eigenvalue weighted by Crippen LogP contribution is -2.12. The molecule has 0 heterocycles. The molecule has 0 aromatic heterocycles. The second-order valence-electron chi connectivity index (χ2n) is 5.41. The Morgan fingerprint density at radius 1 is 0.741 bits per heavy atom. The van der Waals surface area contributed by atoms with Crippen molar-refractivity contribution in [3.05, 3.63) is 65.2 Å². The summed E-state index contributed by atoms with van der Waals surface area (Å²) in [7, 11) is -0.804. The third-order valence-electron chi connectivity index (χ3n) is 3.33. The molecule has 2 atom stereocenters. The minimum atomic E-state index is -1.92. The summed E-state index contributed by atoms with van der Waals surface area (Å²) in [6.45, 7) is -0.484. The number of hydrogen-bond donors (Lipinski definition) is 0. The summed E-state index contributed by atoms with van der Waals surface area (Å²) >= 11 is 0. The zero-order chi connectivity index (χ0) is 20.4. The monoisotopic (exact) mass is 416 g/mol. The molecular weight excluding hydrogens is 399 g/mol. The van der Waals surface area contributed by atoms with Crippen molar-refractivity contribution in [1.82, 2.24) is 0 Å². The molecule has 2 unspecified atom stereocenters. The number of benzene rings is 2. The van der Waals surface area contributed by atoms with Crippen molar-refractivity contribution in [2.24, 2.45) is 0 Å². The van der Waals surface area contributed by atoms with Gasteiger partial charge in [-0.3, -0.25) is 4.39 Å². The minimum absolute atomic E-state index is 0.0541. The molecule has 2 rings (SSSR count). The number of alkyl halides is 2. The van der Waals surface area contributed by atoms with Crippen molar-refractivity contribution in [3.8, 4) is 0 Å². The summed E-state index contributed by atoms with van der Waals surface area (Å²) < 4.78 is 101. The Morgan fingerprint density at radius 2 is 1.33 bits per heavy atom. The van der Waals surface area contributed by atoms with Gasteiger partial charge in [0.05, 0.1) is 6.67 Å². The van der Waals surface area contributed by atoms with Crippen LogP contribution in [-0.4, -0.2) is 12.6 Å². The van der Waals surface area contributed by atoms with Gasteiger partial charge in [0.25, 0.3) is 0 Å². The van der Waals surface area contributed by atoms with E-state index in [9.17, 15) is 35.1 Å². The van der Waals surface area contributed by atoms with E-state index < -0.39 is 61.4 Å². The third-order valence-corrected chi connectivity index (χ3v) is 4.61. The average molecular weight is 416 g/mol. The van der Waals surface area contributed by atoms with Crippen molar-refractivity contribution in [2.75, 3.05) is 6.67 Å². The molecule has 0 N–H and O–H groups in total. The quantitative estimate of drug-likeness (QED) is 0.163. The summed E-state index contributed by atoms with van der Waals surface area (Å²) in [6, 6.07) is 5.52. The fraction of sp³-hybridized carbons (Fsp3) is 0.333. The molecule has 0 aliphatic carbocycles. The molecular formula is C18H17F8P. The topological polar surface area (TPSA) is 0 Å². The van der Waals surface area contributed by atoms with Crippen LogP contribution in [0.3, 0.4) is 0 Å². The van der Waals surface area contributed by atoms with Gasteiger partial charge in [-0.05, 0) is 31.0 Å². The SMILES string of the molecule is FCCCCCC(F)Pc1cc(F)c(F)c(F)c1F.Fc1ccccc1F. The lowest BCUT2D eigenvalue weighted by molar-refractivity contribution is 0.396. The highest BCUT2D eigenvalue weighted by molar-refractivity contribution is 7.47. The van der Waals surface area contributed by atoms with Crippen LogP contribution in [0.5, 0.6) is 0 Å². The van der Waals surface area contributed by atoms with Gasteiger partial charge in [0.15, 0.2) is 34.9 Å². The standard InChI is InChI=1S/C12H13F6P.C6H4F2/c13-5-3-1-2-4-9(15)19-8-6-7(14)10(16)12(18)11(8)17;7-5-3-1-2-4-6(5)8/h6,9,19H,1-5H2;1-4H. The minimum Gasteiger partial charge on any atom is -0.251 e. The van der Waals surface area contributed by atoms with E-state index in [4.69, 9.17) is 0 Å². The van der Waals surface area contributed by atoms with E-state index in [1.165, 1.54) is 12.1 Å². The van der Waals surface area contributed by atoms with Crippen LogP contribution in [0.25, 0.3) is 0 Å². The normalized spacial score (nSPS) is 12.1. The maximum Gasteiger partial charge on any atom is 0.198 e. The number of unbranched alkanes of at least 4 members (excludes halogenated alkanes) is 2. The van der Waals surface area contributed by atoms with Crippen LogP contribution >= 0.6 is 8.58 Å². The molecule has 0 saturated heterocycles. The maximum absolute atomic E-state index is 13.5. The summed E-state index contributed by atoms with van der Waals surface area (Å²) in [5.41, 5.74) is 0. The summed E-state index contributed by atoms with van der Waals surface area (Å²) in [5.74, 6) is -9.98. The maximum atomic E-state index is 13.5. The number of hydrogen-bond acceptors (Lipinski definition) is 0. The summed E-state index contributed by atoms with van der Waals surface area (Å²) in [4.78, 5) is 0. The first-order chi connectivity index (χ1) is 12.8. The molecule has 0 amide bonds. The van der Waals surface area contributed by atoms with Crippen LogP contribution in [0.1, 0.15) is 25.7 Å². The molecule has 0 aliphatic rings. The van der Waals surface area contributed by atoms with Gasteiger partial charge in [-0.1, -0.05) is 33.6 Å². The van der Waals surface area contributed by atoms with Gasteiger partial charge in [-0.2, -0.15) is 0 Å². The van der Waals surface area contributed by atoms with Crippen molar-refractivity contribution < 1.29 is 35.1 Å². The highest BCUT2D eigenvalue weighted by Gasteiger charge is 2.20. The largest absolute Gasteiger partial charge is 0.251 e. The molecule has 0 spiro atoms. The van der Waals surface area contributed by atoms with Crippen LogP contribution in [0.15, 0.2) is 30.3 Å². The van der Waals surface area contributed by atoms with E-state index in [0.29, 0.717) is 25.3 Å². The Kier molecular flexibility index (Phi) is 10.3.